The molecular weight excluding hydrogens is 387 g/mol. The molecule has 0 spiro atoms. The van der Waals surface area contributed by atoms with E-state index in [1.165, 1.54) is 12.1 Å². The van der Waals surface area contributed by atoms with Crippen LogP contribution in [0.1, 0.15) is 11.7 Å². The number of amides is 2. The van der Waals surface area contributed by atoms with E-state index in [4.69, 9.17) is 16.3 Å². The molecule has 1 aromatic heterocycles. The first-order valence-electron chi connectivity index (χ1n) is 8.93. The van der Waals surface area contributed by atoms with E-state index in [-0.39, 0.29) is 23.3 Å². The number of rotatable bonds is 5. The first-order chi connectivity index (χ1) is 13.5. The molecule has 0 aliphatic carbocycles. The maximum Gasteiger partial charge on any atom is 0.313 e. The number of anilines is 1. The Kier molecular flexibility index (Phi) is 6.66. The van der Waals surface area contributed by atoms with E-state index in [1.807, 2.05) is 29.9 Å². The van der Waals surface area contributed by atoms with Crippen LogP contribution >= 0.6 is 11.6 Å². The summed E-state index contributed by atoms with van der Waals surface area (Å²) in [6.07, 6.45) is 1.94. The predicted octanol–water partition coefficient (Wildman–Crippen LogP) is 1.95. The molecule has 1 aromatic carbocycles. The van der Waals surface area contributed by atoms with Gasteiger partial charge < -0.3 is 19.9 Å². The fourth-order valence-electron chi connectivity index (χ4n) is 3.16. The van der Waals surface area contributed by atoms with Crippen molar-refractivity contribution in [1.29, 1.82) is 0 Å². The highest BCUT2D eigenvalue weighted by molar-refractivity contribution is 6.39. The van der Waals surface area contributed by atoms with Crippen LogP contribution in [0.2, 0.25) is 5.02 Å². The highest BCUT2D eigenvalue weighted by atomic mass is 35.5. The van der Waals surface area contributed by atoms with E-state index < -0.39 is 17.6 Å². The minimum atomic E-state index is -0.838. The van der Waals surface area contributed by atoms with Gasteiger partial charge in [0.15, 0.2) is 0 Å². The number of morpholine rings is 1. The first-order valence-corrected chi connectivity index (χ1v) is 9.31. The molecule has 2 amide bonds. The number of nitrogens with one attached hydrogen (secondary N) is 2. The maximum atomic E-state index is 13.2. The van der Waals surface area contributed by atoms with Gasteiger partial charge in [-0.2, -0.15) is 0 Å². The largest absolute Gasteiger partial charge is 0.379 e. The standard InChI is InChI=1S/C19H22ClFN4O3/c1-24-6-2-3-16(24)17(25-7-9-28-10-8-25)12-22-18(26)19(27)23-13-4-5-15(21)14(20)11-13/h2-6,11,17H,7-10,12H2,1H3,(H,22,26)(H,23,27)/t17-/m1/s1. The SMILES string of the molecule is Cn1cccc1[C@@H](CNC(=O)C(=O)Nc1ccc(F)c(Cl)c1)N1CCOCC1. The molecule has 28 heavy (non-hydrogen) atoms. The maximum absolute atomic E-state index is 13.2. The van der Waals surface area contributed by atoms with Crippen molar-refractivity contribution in [3.8, 4) is 0 Å². The third-order valence-electron chi connectivity index (χ3n) is 4.65. The van der Waals surface area contributed by atoms with Crippen molar-refractivity contribution in [3.63, 3.8) is 0 Å². The lowest BCUT2D eigenvalue weighted by Crippen LogP contribution is -2.46. The fourth-order valence-corrected chi connectivity index (χ4v) is 3.34. The summed E-state index contributed by atoms with van der Waals surface area (Å²) in [4.78, 5) is 26.6. The van der Waals surface area contributed by atoms with Crippen LogP contribution in [-0.4, -0.2) is 54.1 Å². The fraction of sp³-hybridized carbons (Fsp3) is 0.368. The van der Waals surface area contributed by atoms with Crippen LogP contribution in [0, 0.1) is 5.82 Å². The topological polar surface area (TPSA) is 75.6 Å². The van der Waals surface area contributed by atoms with Crippen molar-refractivity contribution in [2.24, 2.45) is 7.05 Å². The molecule has 1 aliphatic rings. The van der Waals surface area contributed by atoms with Crippen LogP contribution < -0.4 is 10.6 Å². The van der Waals surface area contributed by atoms with E-state index in [9.17, 15) is 14.0 Å². The number of carbonyl (C=O) groups is 2. The van der Waals surface area contributed by atoms with Crippen molar-refractivity contribution < 1.29 is 18.7 Å². The number of aryl methyl sites for hydroxylation is 1. The second-order valence-corrected chi connectivity index (χ2v) is 6.91. The van der Waals surface area contributed by atoms with Crippen LogP contribution in [0.25, 0.3) is 0 Å². The minimum Gasteiger partial charge on any atom is -0.379 e. The lowest BCUT2D eigenvalue weighted by molar-refractivity contribution is -0.136. The molecule has 9 heteroatoms. The molecular formula is C19H22ClFN4O3. The van der Waals surface area contributed by atoms with E-state index in [1.54, 1.807) is 0 Å². The van der Waals surface area contributed by atoms with Crippen LogP contribution in [0.15, 0.2) is 36.5 Å². The number of nitrogens with zero attached hydrogens (tertiary/aromatic N) is 2. The number of halogens is 2. The van der Waals surface area contributed by atoms with Crippen molar-refractivity contribution in [1.82, 2.24) is 14.8 Å². The summed E-state index contributed by atoms with van der Waals surface area (Å²) in [6.45, 7) is 3.01. The van der Waals surface area contributed by atoms with Crippen molar-refractivity contribution >= 4 is 29.1 Å². The molecule has 0 unspecified atom stereocenters. The van der Waals surface area contributed by atoms with Crippen molar-refractivity contribution in [2.45, 2.75) is 6.04 Å². The number of carbonyl (C=O) groups excluding carboxylic acids is 2. The monoisotopic (exact) mass is 408 g/mol. The molecule has 0 radical (unpaired) electrons. The van der Waals surface area contributed by atoms with Gasteiger partial charge in [0.2, 0.25) is 0 Å². The highest BCUT2D eigenvalue weighted by Crippen LogP contribution is 2.22. The Bertz CT molecular complexity index is 851. The number of aromatic nitrogens is 1. The lowest BCUT2D eigenvalue weighted by atomic mass is 10.1. The number of ether oxygens (including phenoxy) is 1. The van der Waals surface area contributed by atoms with E-state index in [2.05, 4.69) is 15.5 Å². The van der Waals surface area contributed by atoms with Crippen LogP contribution in [0.4, 0.5) is 10.1 Å². The van der Waals surface area contributed by atoms with Gasteiger partial charge in [-0.05, 0) is 30.3 Å². The number of hydrogen-bond donors (Lipinski definition) is 2. The molecule has 0 bridgehead atoms. The lowest BCUT2D eigenvalue weighted by Gasteiger charge is -2.34. The molecule has 2 heterocycles. The zero-order valence-corrected chi connectivity index (χ0v) is 16.2. The van der Waals surface area contributed by atoms with Gasteiger partial charge in [-0.25, -0.2) is 4.39 Å². The Morgan fingerprint density at radius 3 is 2.64 bits per heavy atom. The number of benzene rings is 1. The molecule has 150 valence electrons. The average molecular weight is 409 g/mol. The minimum absolute atomic E-state index is 0.0825. The van der Waals surface area contributed by atoms with Crippen LogP contribution in [0.3, 0.4) is 0 Å². The van der Waals surface area contributed by atoms with Gasteiger partial charge in [0.25, 0.3) is 0 Å². The van der Waals surface area contributed by atoms with Crippen LogP contribution in [0.5, 0.6) is 0 Å². The second-order valence-electron chi connectivity index (χ2n) is 6.50. The molecule has 2 N–H and O–H groups in total. The zero-order chi connectivity index (χ0) is 20.1. The summed E-state index contributed by atoms with van der Waals surface area (Å²) in [7, 11) is 1.94. The quantitative estimate of drug-likeness (QED) is 0.741. The van der Waals surface area contributed by atoms with E-state index >= 15 is 0 Å². The second kappa shape index (κ2) is 9.18. The Labute approximate surface area is 167 Å². The Balaban J connectivity index is 1.63. The average Bonchev–Trinajstić information content (AvgIpc) is 3.11. The van der Waals surface area contributed by atoms with Gasteiger partial charge >= 0.3 is 11.8 Å². The Hall–Kier alpha value is -2.42. The third-order valence-corrected chi connectivity index (χ3v) is 4.94. The smallest absolute Gasteiger partial charge is 0.313 e. The van der Waals surface area contributed by atoms with Crippen LogP contribution in [-0.2, 0) is 21.4 Å². The normalized spacial score (nSPS) is 15.8. The highest BCUT2D eigenvalue weighted by Gasteiger charge is 2.26. The summed E-state index contributed by atoms with van der Waals surface area (Å²) in [6, 6.07) is 7.57. The summed E-state index contributed by atoms with van der Waals surface area (Å²) < 4.78 is 20.6. The van der Waals surface area contributed by atoms with Gasteiger partial charge in [0.05, 0.1) is 24.3 Å². The summed E-state index contributed by atoms with van der Waals surface area (Å²) in [5.41, 5.74) is 1.28. The Morgan fingerprint density at radius 1 is 1.25 bits per heavy atom. The summed E-state index contributed by atoms with van der Waals surface area (Å²) >= 11 is 5.69. The zero-order valence-electron chi connectivity index (χ0n) is 15.5. The van der Waals surface area contributed by atoms with Gasteiger partial charge in [-0.15, -0.1) is 0 Å². The molecule has 1 saturated heterocycles. The molecule has 1 fully saturated rings. The van der Waals surface area contributed by atoms with Gasteiger partial charge in [-0.3, -0.25) is 14.5 Å². The Morgan fingerprint density at radius 2 is 2.00 bits per heavy atom. The van der Waals surface area contributed by atoms with E-state index in [0.29, 0.717) is 13.2 Å². The summed E-state index contributed by atoms with van der Waals surface area (Å²) in [5.74, 6) is -2.21. The summed E-state index contributed by atoms with van der Waals surface area (Å²) in [5, 5.41) is 4.98. The molecule has 2 aromatic rings. The third kappa shape index (κ3) is 4.89. The molecule has 1 atom stereocenters. The van der Waals surface area contributed by atoms with Crippen molar-refractivity contribution in [3.05, 3.63) is 53.1 Å². The molecule has 3 rings (SSSR count). The van der Waals surface area contributed by atoms with Gasteiger partial charge in [0.1, 0.15) is 5.82 Å². The predicted molar refractivity (Wildman–Crippen MR) is 104 cm³/mol. The molecule has 0 saturated carbocycles. The number of hydrogen-bond acceptors (Lipinski definition) is 4. The van der Waals surface area contributed by atoms with Crippen molar-refractivity contribution in [2.75, 3.05) is 38.2 Å². The first kappa shape index (κ1) is 20.3. The van der Waals surface area contributed by atoms with Gasteiger partial charge in [0, 0.05) is 44.3 Å². The van der Waals surface area contributed by atoms with Gasteiger partial charge in [-0.1, -0.05) is 11.6 Å². The molecule has 7 nitrogen and oxygen atoms in total. The van der Waals surface area contributed by atoms with E-state index in [0.717, 1.165) is 24.8 Å². The molecule has 1 aliphatic heterocycles.